The van der Waals surface area contributed by atoms with E-state index in [1.807, 2.05) is 48.5 Å². The molecule has 1 saturated carbocycles. The molecule has 4 aromatic rings. The van der Waals surface area contributed by atoms with E-state index in [-0.39, 0.29) is 24.0 Å². The minimum Gasteiger partial charge on any atom is -0.489 e. The van der Waals surface area contributed by atoms with Gasteiger partial charge in [-0.05, 0) is 85.8 Å². The highest BCUT2D eigenvalue weighted by Gasteiger charge is 2.21. The molecule has 1 heterocycles. The topological polar surface area (TPSA) is 120 Å². The SMILES string of the molecule is O=C(Nc1ccc(OCc2cnc(-c3ccc(OCc4cccc(Cl)c4)cc3)nc2)cc1C(=O)O)OC1CCCC1. The molecular weight excluding hydrogens is 546 g/mol. The van der Waals surface area contributed by atoms with Crippen LogP contribution < -0.4 is 14.8 Å². The highest BCUT2D eigenvalue weighted by atomic mass is 35.5. The van der Waals surface area contributed by atoms with Crippen LogP contribution in [0.5, 0.6) is 11.5 Å². The van der Waals surface area contributed by atoms with Gasteiger partial charge in [-0.25, -0.2) is 19.6 Å². The Hall–Kier alpha value is -4.63. The summed E-state index contributed by atoms with van der Waals surface area (Å²) in [5.41, 5.74) is 2.55. The van der Waals surface area contributed by atoms with Crippen LogP contribution in [-0.4, -0.2) is 33.2 Å². The molecule has 9 nitrogen and oxygen atoms in total. The molecule has 0 aliphatic heterocycles. The van der Waals surface area contributed by atoms with Crippen molar-refractivity contribution in [2.24, 2.45) is 0 Å². The lowest BCUT2D eigenvalue weighted by atomic mass is 10.1. The van der Waals surface area contributed by atoms with Crippen LogP contribution in [0.4, 0.5) is 10.5 Å². The number of nitrogens with one attached hydrogen (secondary N) is 1. The summed E-state index contributed by atoms with van der Waals surface area (Å²) in [5.74, 6) is 0.393. The number of hydrogen-bond donors (Lipinski definition) is 2. The van der Waals surface area contributed by atoms with Crippen LogP contribution in [0, 0.1) is 0 Å². The number of halogens is 1. The number of benzene rings is 3. The lowest BCUT2D eigenvalue weighted by Crippen LogP contribution is -2.21. The number of carboxylic acid groups (broad SMARTS) is 1. The molecule has 10 heteroatoms. The summed E-state index contributed by atoms with van der Waals surface area (Å²) >= 11 is 6.02. The number of rotatable bonds is 10. The van der Waals surface area contributed by atoms with E-state index in [9.17, 15) is 14.7 Å². The molecule has 0 bridgehead atoms. The Morgan fingerprint density at radius 3 is 2.27 bits per heavy atom. The summed E-state index contributed by atoms with van der Waals surface area (Å²) in [7, 11) is 0. The van der Waals surface area contributed by atoms with Crippen LogP contribution in [0.15, 0.2) is 79.1 Å². The third-order valence-electron chi connectivity index (χ3n) is 6.55. The molecule has 1 amide bonds. The summed E-state index contributed by atoms with van der Waals surface area (Å²) in [6, 6.07) is 19.4. The number of carbonyl (C=O) groups is 2. The first-order valence-corrected chi connectivity index (χ1v) is 13.6. The smallest absolute Gasteiger partial charge is 0.411 e. The Morgan fingerprint density at radius 1 is 0.878 bits per heavy atom. The zero-order valence-electron chi connectivity index (χ0n) is 22.1. The molecule has 0 unspecified atom stereocenters. The summed E-state index contributed by atoms with van der Waals surface area (Å²) < 4.78 is 17.0. The van der Waals surface area contributed by atoms with Crippen molar-refractivity contribution in [2.75, 3.05) is 5.32 Å². The fourth-order valence-electron chi connectivity index (χ4n) is 4.43. The molecule has 1 aliphatic rings. The molecule has 1 fully saturated rings. The fourth-order valence-corrected chi connectivity index (χ4v) is 4.65. The first-order valence-electron chi connectivity index (χ1n) is 13.2. The van der Waals surface area contributed by atoms with E-state index >= 15 is 0 Å². The van der Waals surface area contributed by atoms with Gasteiger partial charge >= 0.3 is 12.1 Å². The number of carbonyl (C=O) groups excluding carboxylic acids is 1. The predicted octanol–water partition coefficient (Wildman–Crippen LogP) is 7.14. The maximum absolute atomic E-state index is 12.2. The molecule has 1 aliphatic carbocycles. The zero-order chi connectivity index (χ0) is 28.6. The molecule has 41 heavy (non-hydrogen) atoms. The van der Waals surface area contributed by atoms with Gasteiger partial charge in [0, 0.05) is 28.5 Å². The Morgan fingerprint density at radius 2 is 1.56 bits per heavy atom. The number of aromatic carboxylic acids is 1. The van der Waals surface area contributed by atoms with Crippen LogP contribution in [-0.2, 0) is 18.0 Å². The molecular formula is C31H28ClN3O6. The summed E-state index contributed by atoms with van der Waals surface area (Å²) in [6.45, 7) is 0.539. The first kappa shape index (κ1) is 27.9. The van der Waals surface area contributed by atoms with Gasteiger partial charge in [0.05, 0.1) is 11.3 Å². The predicted molar refractivity (Wildman–Crippen MR) is 153 cm³/mol. The van der Waals surface area contributed by atoms with E-state index < -0.39 is 12.1 Å². The van der Waals surface area contributed by atoms with E-state index in [0.717, 1.165) is 36.8 Å². The first-order chi connectivity index (χ1) is 19.9. The van der Waals surface area contributed by atoms with Crippen molar-refractivity contribution in [3.05, 3.63) is 101 Å². The minimum absolute atomic E-state index is 0.0996. The average Bonchev–Trinajstić information content (AvgIpc) is 3.49. The molecule has 1 aromatic heterocycles. The van der Waals surface area contributed by atoms with Gasteiger partial charge in [-0.15, -0.1) is 0 Å². The molecule has 2 N–H and O–H groups in total. The van der Waals surface area contributed by atoms with Gasteiger partial charge in [-0.1, -0.05) is 23.7 Å². The number of aromatic nitrogens is 2. The van der Waals surface area contributed by atoms with Crippen LogP contribution in [0.1, 0.15) is 47.2 Å². The van der Waals surface area contributed by atoms with E-state index in [0.29, 0.717) is 34.5 Å². The second-order valence-corrected chi connectivity index (χ2v) is 10.0. The highest BCUT2D eigenvalue weighted by molar-refractivity contribution is 6.30. The van der Waals surface area contributed by atoms with E-state index in [2.05, 4.69) is 15.3 Å². The van der Waals surface area contributed by atoms with Gasteiger partial charge < -0.3 is 19.3 Å². The molecule has 0 spiro atoms. The van der Waals surface area contributed by atoms with Crippen LogP contribution >= 0.6 is 11.6 Å². The lowest BCUT2D eigenvalue weighted by molar-refractivity contribution is 0.0697. The van der Waals surface area contributed by atoms with Crippen LogP contribution in [0.25, 0.3) is 11.4 Å². The van der Waals surface area contributed by atoms with Gasteiger partial charge in [0.25, 0.3) is 0 Å². The Bertz CT molecular complexity index is 1510. The largest absolute Gasteiger partial charge is 0.489 e. The zero-order valence-corrected chi connectivity index (χ0v) is 22.8. The number of nitrogens with zero attached hydrogens (tertiary/aromatic N) is 2. The van der Waals surface area contributed by atoms with Gasteiger partial charge in [0.15, 0.2) is 5.82 Å². The second kappa shape index (κ2) is 13.1. The van der Waals surface area contributed by atoms with Gasteiger partial charge in [-0.2, -0.15) is 0 Å². The number of ether oxygens (including phenoxy) is 3. The quantitative estimate of drug-likeness (QED) is 0.205. The van der Waals surface area contributed by atoms with Crippen molar-refractivity contribution >= 4 is 29.4 Å². The van der Waals surface area contributed by atoms with Gasteiger partial charge in [-0.3, -0.25) is 5.32 Å². The summed E-state index contributed by atoms with van der Waals surface area (Å²) in [5, 5.41) is 12.8. The molecule has 210 valence electrons. The van der Waals surface area contributed by atoms with Crippen LogP contribution in [0.2, 0.25) is 5.02 Å². The van der Waals surface area contributed by atoms with E-state index in [1.54, 1.807) is 18.5 Å². The van der Waals surface area contributed by atoms with Crippen molar-refractivity contribution in [3.8, 4) is 22.9 Å². The molecule has 0 atom stereocenters. The van der Waals surface area contributed by atoms with Crippen molar-refractivity contribution in [1.82, 2.24) is 9.97 Å². The number of amides is 1. The molecule has 0 radical (unpaired) electrons. The maximum Gasteiger partial charge on any atom is 0.411 e. The van der Waals surface area contributed by atoms with Gasteiger partial charge in [0.2, 0.25) is 0 Å². The number of anilines is 1. The maximum atomic E-state index is 12.2. The Balaban J connectivity index is 1.15. The molecule has 0 saturated heterocycles. The lowest BCUT2D eigenvalue weighted by Gasteiger charge is -2.14. The minimum atomic E-state index is -1.19. The summed E-state index contributed by atoms with van der Waals surface area (Å²) in [6.07, 6.45) is 6.20. The fraction of sp³-hybridized carbons (Fsp3) is 0.226. The third kappa shape index (κ3) is 7.73. The number of hydrogen-bond acceptors (Lipinski definition) is 7. The van der Waals surface area contributed by atoms with Gasteiger partial charge in [0.1, 0.15) is 30.8 Å². The second-order valence-electron chi connectivity index (χ2n) is 9.60. The van der Waals surface area contributed by atoms with E-state index in [1.165, 1.54) is 12.1 Å². The molecule has 5 rings (SSSR count). The highest BCUT2D eigenvalue weighted by Crippen LogP contribution is 2.26. The Labute approximate surface area is 242 Å². The normalized spacial score (nSPS) is 13.0. The molecule has 3 aromatic carbocycles. The Kier molecular flexibility index (Phi) is 8.95. The number of carboxylic acids is 1. The van der Waals surface area contributed by atoms with Crippen molar-refractivity contribution < 1.29 is 28.9 Å². The standard InChI is InChI=1S/C31H28ClN3O6/c32-23-5-3-4-20(14-23)18-39-24-10-8-22(9-11-24)29-33-16-21(17-34-29)19-40-26-12-13-28(27(15-26)30(36)37)35-31(38)41-25-6-1-2-7-25/h3-5,8-17,25H,1-2,6-7,18-19H2,(H,35,38)(H,36,37). The van der Waals surface area contributed by atoms with Crippen molar-refractivity contribution in [2.45, 2.75) is 45.0 Å². The average molecular weight is 574 g/mol. The summed E-state index contributed by atoms with van der Waals surface area (Å²) in [4.78, 5) is 32.9. The van der Waals surface area contributed by atoms with Crippen LogP contribution in [0.3, 0.4) is 0 Å². The van der Waals surface area contributed by atoms with E-state index in [4.69, 9.17) is 25.8 Å². The third-order valence-corrected chi connectivity index (χ3v) is 6.79. The van der Waals surface area contributed by atoms with Crippen molar-refractivity contribution in [3.63, 3.8) is 0 Å². The monoisotopic (exact) mass is 573 g/mol. The van der Waals surface area contributed by atoms with Crippen molar-refractivity contribution in [1.29, 1.82) is 0 Å².